The van der Waals surface area contributed by atoms with Gasteiger partial charge in [-0.25, -0.2) is 8.42 Å². The van der Waals surface area contributed by atoms with Crippen LogP contribution in [-0.4, -0.2) is 14.3 Å². The third-order valence-electron chi connectivity index (χ3n) is 2.02. The fourth-order valence-corrected chi connectivity index (χ4v) is 2.84. The molecular weight excluding hydrogens is 202 g/mol. The number of nitrogens with two attached hydrogens (primary N) is 1. The van der Waals surface area contributed by atoms with Crippen LogP contribution in [0.3, 0.4) is 0 Å². The van der Waals surface area contributed by atoms with Crippen LogP contribution in [0, 0.1) is 0 Å². The first-order valence-electron chi connectivity index (χ1n) is 3.88. The fraction of sp³-hybridized carbons (Fsp3) is 0. The molecule has 1 aromatic carbocycles. The van der Waals surface area contributed by atoms with Crippen molar-refractivity contribution >= 4 is 21.3 Å². The quantitative estimate of drug-likeness (QED) is 0.722. The molecule has 0 fully saturated rings. The van der Waals surface area contributed by atoms with Crippen LogP contribution in [0.1, 0.15) is 5.56 Å². The van der Waals surface area contributed by atoms with E-state index in [2.05, 4.69) is 0 Å². The average molecular weight is 209 g/mol. The lowest BCUT2D eigenvalue weighted by Gasteiger charge is -1.98. The van der Waals surface area contributed by atoms with Gasteiger partial charge in [-0.15, -0.1) is 0 Å². The molecule has 4 nitrogen and oxygen atoms in total. The maximum absolute atomic E-state index is 11.5. The zero-order chi connectivity index (χ0) is 10.3. The van der Waals surface area contributed by atoms with E-state index in [4.69, 9.17) is 5.73 Å². The molecule has 5 heteroatoms. The molecule has 0 unspecified atom stereocenters. The molecule has 0 saturated carbocycles. The molecule has 1 heterocycles. The van der Waals surface area contributed by atoms with Gasteiger partial charge in [0.15, 0.2) is 0 Å². The van der Waals surface area contributed by atoms with Gasteiger partial charge in [0, 0.05) is 11.0 Å². The summed E-state index contributed by atoms with van der Waals surface area (Å²) in [5.74, 6) is -0.724. The third kappa shape index (κ3) is 1.13. The molecule has 1 aromatic rings. The topological polar surface area (TPSA) is 77.2 Å². The highest BCUT2D eigenvalue weighted by atomic mass is 32.2. The summed E-state index contributed by atoms with van der Waals surface area (Å²) in [6, 6.07) is 6.29. The van der Waals surface area contributed by atoms with Gasteiger partial charge in [-0.1, -0.05) is 18.2 Å². The summed E-state index contributed by atoms with van der Waals surface area (Å²) in [6.45, 7) is 0. The smallest absolute Gasteiger partial charge is 0.250 e. The molecule has 1 amide bonds. The number of hydrogen-bond donors (Lipinski definition) is 1. The first kappa shape index (κ1) is 8.96. The minimum atomic E-state index is -3.46. The largest absolute Gasteiger partial charge is 0.366 e. The number of benzene rings is 1. The molecular formula is C9H7NO3S. The van der Waals surface area contributed by atoms with Crippen molar-refractivity contribution in [3.8, 4) is 0 Å². The Morgan fingerprint density at radius 2 is 1.86 bits per heavy atom. The second kappa shape index (κ2) is 2.68. The average Bonchev–Trinajstić information content (AvgIpc) is 2.40. The number of hydrogen-bond acceptors (Lipinski definition) is 3. The number of carbonyl (C=O) groups excluding carboxylic acids is 1. The van der Waals surface area contributed by atoms with Gasteiger partial charge in [-0.05, 0) is 6.07 Å². The van der Waals surface area contributed by atoms with Crippen molar-refractivity contribution < 1.29 is 13.2 Å². The summed E-state index contributed by atoms with van der Waals surface area (Å²) >= 11 is 0. The molecule has 0 atom stereocenters. The van der Waals surface area contributed by atoms with E-state index in [9.17, 15) is 13.2 Å². The van der Waals surface area contributed by atoms with Crippen molar-refractivity contribution in [2.24, 2.45) is 5.73 Å². The summed E-state index contributed by atoms with van der Waals surface area (Å²) in [6.07, 6.45) is 0. The summed E-state index contributed by atoms with van der Waals surface area (Å²) < 4.78 is 23.0. The predicted molar refractivity (Wildman–Crippen MR) is 50.8 cm³/mol. The summed E-state index contributed by atoms with van der Waals surface area (Å²) in [5.41, 5.74) is 5.51. The van der Waals surface area contributed by atoms with Crippen LogP contribution in [0.5, 0.6) is 0 Å². The molecule has 1 aliphatic rings. The van der Waals surface area contributed by atoms with Gasteiger partial charge in [-0.3, -0.25) is 4.79 Å². The van der Waals surface area contributed by atoms with E-state index >= 15 is 0 Å². The molecule has 2 N–H and O–H groups in total. The molecule has 72 valence electrons. The Morgan fingerprint density at radius 3 is 2.50 bits per heavy atom. The Labute approximate surface area is 81.0 Å². The number of rotatable bonds is 1. The SMILES string of the molecule is NC(=O)C1=CS(=O)(=O)c2ccccc21. The van der Waals surface area contributed by atoms with E-state index in [1.807, 2.05) is 0 Å². The Hall–Kier alpha value is -1.62. The van der Waals surface area contributed by atoms with E-state index in [-0.39, 0.29) is 10.5 Å². The number of fused-ring (bicyclic) bond motifs is 1. The van der Waals surface area contributed by atoms with Crippen molar-refractivity contribution in [1.29, 1.82) is 0 Å². The van der Waals surface area contributed by atoms with Crippen LogP contribution < -0.4 is 5.73 Å². The van der Waals surface area contributed by atoms with Gasteiger partial charge < -0.3 is 5.73 Å². The standard InChI is InChI=1S/C9H7NO3S/c10-9(11)7-5-14(12,13)8-4-2-1-3-6(7)8/h1-5H,(H2,10,11). The number of carbonyl (C=O) groups is 1. The van der Waals surface area contributed by atoms with Gasteiger partial charge in [0.1, 0.15) is 0 Å². The van der Waals surface area contributed by atoms with Crippen LogP contribution in [0.2, 0.25) is 0 Å². The Bertz CT molecular complexity index is 543. The summed E-state index contributed by atoms with van der Waals surface area (Å²) in [7, 11) is -3.46. The minimum Gasteiger partial charge on any atom is -0.366 e. The summed E-state index contributed by atoms with van der Waals surface area (Å²) in [5, 5.41) is 0.917. The van der Waals surface area contributed by atoms with E-state index in [1.54, 1.807) is 18.2 Å². The molecule has 0 radical (unpaired) electrons. The van der Waals surface area contributed by atoms with Gasteiger partial charge in [-0.2, -0.15) is 0 Å². The van der Waals surface area contributed by atoms with Gasteiger partial charge in [0.2, 0.25) is 15.7 Å². The molecule has 0 aliphatic carbocycles. The van der Waals surface area contributed by atoms with Crippen LogP contribution in [0.25, 0.3) is 5.57 Å². The Morgan fingerprint density at radius 1 is 1.21 bits per heavy atom. The Balaban J connectivity index is 2.79. The van der Waals surface area contributed by atoms with Crippen molar-refractivity contribution in [2.45, 2.75) is 4.90 Å². The molecule has 0 aromatic heterocycles. The first-order chi connectivity index (χ1) is 6.52. The van der Waals surface area contributed by atoms with Crippen molar-refractivity contribution in [3.63, 3.8) is 0 Å². The van der Waals surface area contributed by atoms with E-state index < -0.39 is 15.7 Å². The second-order valence-corrected chi connectivity index (χ2v) is 4.70. The fourth-order valence-electron chi connectivity index (χ4n) is 1.41. The van der Waals surface area contributed by atoms with Crippen molar-refractivity contribution in [2.75, 3.05) is 0 Å². The van der Waals surface area contributed by atoms with E-state index in [0.29, 0.717) is 5.56 Å². The lowest BCUT2D eigenvalue weighted by atomic mass is 10.1. The Kier molecular flexibility index (Phi) is 1.72. The zero-order valence-electron chi connectivity index (χ0n) is 7.10. The van der Waals surface area contributed by atoms with Gasteiger partial charge in [0.05, 0.1) is 10.5 Å². The molecule has 1 aliphatic heterocycles. The lowest BCUT2D eigenvalue weighted by molar-refractivity contribution is -0.112. The van der Waals surface area contributed by atoms with Crippen molar-refractivity contribution in [1.82, 2.24) is 0 Å². The van der Waals surface area contributed by atoms with Gasteiger partial charge in [0.25, 0.3) is 0 Å². The lowest BCUT2D eigenvalue weighted by Crippen LogP contribution is -2.11. The monoisotopic (exact) mass is 209 g/mol. The zero-order valence-corrected chi connectivity index (χ0v) is 7.91. The summed E-state index contributed by atoms with van der Waals surface area (Å²) in [4.78, 5) is 11.1. The number of primary amides is 1. The molecule has 0 bridgehead atoms. The second-order valence-electron chi connectivity index (χ2n) is 2.94. The molecule has 2 rings (SSSR count). The van der Waals surface area contributed by atoms with Crippen molar-refractivity contribution in [3.05, 3.63) is 35.2 Å². The highest BCUT2D eigenvalue weighted by molar-refractivity contribution is 7.95. The predicted octanol–water partition coefficient (Wildman–Crippen LogP) is 0.300. The number of amides is 1. The normalized spacial score (nSPS) is 17.3. The van der Waals surface area contributed by atoms with Crippen LogP contribution >= 0.6 is 0 Å². The molecule has 14 heavy (non-hydrogen) atoms. The van der Waals surface area contributed by atoms with Crippen LogP contribution in [0.4, 0.5) is 0 Å². The maximum atomic E-state index is 11.5. The third-order valence-corrected chi connectivity index (χ3v) is 3.54. The molecule has 0 saturated heterocycles. The molecule has 0 spiro atoms. The number of sulfone groups is 1. The minimum absolute atomic E-state index is 0.0561. The highest BCUT2D eigenvalue weighted by Gasteiger charge is 2.28. The van der Waals surface area contributed by atoms with Crippen LogP contribution in [-0.2, 0) is 14.6 Å². The van der Waals surface area contributed by atoms with Gasteiger partial charge >= 0.3 is 0 Å². The van der Waals surface area contributed by atoms with Crippen LogP contribution in [0.15, 0.2) is 34.6 Å². The maximum Gasteiger partial charge on any atom is 0.250 e. The van der Waals surface area contributed by atoms with E-state index in [0.717, 1.165) is 5.41 Å². The highest BCUT2D eigenvalue weighted by Crippen LogP contribution is 2.32. The first-order valence-corrected chi connectivity index (χ1v) is 5.43. The van der Waals surface area contributed by atoms with E-state index in [1.165, 1.54) is 6.07 Å².